The lowest BCUT2D eigenvalue weighted by Crippen LogP contribution is -2.03. The third kappa shape index (κ3) is 2.52. The van der Waals surface area contributed by atoms with Crippen LogP contribution in [0.3, 0.4) is 0 Å². The van der Waals surface area contributed by atoms with Gasteiger partial charge in [-0.3, -0.25) is 0 Å². The van der Waals surface area contributed by atoms with E-state index in [9.17, 15) is 9.18 Å². The van der Waals surface area contributed by atoms with Gasteiger partial charge >= 0.3 is 5.97 Å². The van der Waals surface area contributed by atoms with Gasteiger partial charge in [0.15, 0.2) is 17.3 Å². The van der Waals surface area contributed by atoms with Gasteiger partial charge in [-0.05, 0) is 30.3 Å². The molecular weight excluding hydrogens is 263 g/mol. The van der Waals surface area contributed by atoms with Crippen molar-refractivity contribution in [3.05, 3.63) is 53.3 Å². The van der Waals surface area contributed by atoms with Crippen molar-refractivity contribution in [2.45, 2.75) is 0 Å². The fraction of sp³-hybridized carbons (Fsp3) is 0. The lowest BCUT2D eigenvalue weighted by Gasteiger charge is -2.11. The van der Waals surface area contributed by atoms with Crippen LogP contribution in [0, 0.1) is 17.1 Å². The van der Waals surface area contributed by atoms with Gasteiger partial charge in [0.05, 0.1) is 17.3 Å². The van der Waals surface area contributed by atoms with Crippen LogP contribution in [-0.4, -0.2) is 11.1 Å². The van der Waals surface area contributed by atoms with Gasteiger partial charge < -0.3 is 15.6 Å². The molecule has 2 rings (SSSR count). The van der Waals surface area contributed by atoms with Crippen molar-refractivity contribution >= 4 is 11.7 Å². The molecule has 0 unspecified atom stereocenters. The first-order valence-corrected chi connectivity index (χ1v) is 5.52. The predicted octanol–water partition coefficient (Wildman–Crippen LogP) is 2.77. The van der Waals surface area contributed by atoms with Crippen LogP contribution in [0.5, 0.6) is 11.5 Å². The zero-order valence-corrected chi connectivity index (χ0v) is 10.1. The maximum Gasteiger partial charge on any atom is 0.339 e. The number of nitriles is 1. The summed E-state index contributed by atoms with van der Waals surface area (Å²) in [7, 11) is 0. The second-order valence-corrected chi connectivity index (χ2v) is 3.89. The highest BCUT2D eigenvalue weighted by Crippen LogP contribution is 2.32. The fourth-order valence-electron chi connectivity index (χ4n) is 1.60. The average Bonchev–Trinajstić information content (AvgIpc) is 2.42. The predicted molar refractivity (Wildman–Crippen MR) is 69.0 cm³/mol. The first-order chi connectivity index (χ1) is 9.52. The highest BCUT2D eigenvalue weighted by Gasteiger charge is 2.16. The molecule has 0 spiro atoms. The summed E-state index contributed by atoms with van der Waals surface area (Å²) in [5.41, 5.74) is 5.69. The molecule has 0 radical (unpaired) electrons. The van der Waals surface area contributed by atoms with E-state index < -0.39 is 11.8 Å². The largest absolute Gasteiger partial charge is 0.478 e. The van der Waals surface area contributed by atoms with Crippen LogP contribution in [0.15, 0.2) is 36.4 Å². The Labute approximate surface area is 113 Å². The zero-order chi connectivity index (χ0) is 14.7. The Morgan fingerprint density at radius 1 is 1.35 bits per heavy atom. The van der Waals surface area contributed by atoms with E-state index in [2.05, 4.69) is 0 Å². The van der Waals surface area contributed by atoms with Crippen LogP contribution in [0.25, 0.3) is 0 Å². The summed E-state index contributed by atoms with van der Waals surface area (Å²) >= 11 is 0. The number of benzene rings is 2. The number of ether oxygens (including phenoxy) is 1. The topological polar surface area (TPSA) is 96.3 Å². The number of carbonyl (C=O) groups is 1. The minimum absolute atomic E-state index is 0.0775. The SMILES string of the molecule is N#Cc1ccc(Oc2c(N)cccc2C(=O)O)c(F)c1. The van der Waals surface area contributed by atoms with Crippen LogP contribution in [0.2, 0.25) is 0 Å². The van der Waals surface area contributed by atoms with E-state index in [1.165, 1.54) is 30.3 Å². The number of nitrogen functional groups attached to an aromatic ring is 1. The normalized spacial score (nSPS) is 9.80. The summed E-state index contributed by atoms with van der Waals surface area (Å²) < 4.78 is 19.0. The number of carboxylic acids is 1. The molecule has 2 aromatic carbocycles. The van der Waals surface area contributed by atoms with Crippen LogP contribution in [0.4, 0.5) is 10.1 Å². The van der Waals surface area contributed by atoms with Crippen molar-refractivity contribution in [2.24, 2.45) is 0 Å². The van der Waals surface area contributed by atoms with Crippen LogP contribution >= 0.6 is 0 Å². The van der Waals surface area contributed by atoms with Crippen molar-refractivity contribution in [3.63, 3.8) is 0 Å². The third-order valence-electron chi connectivity index (χ3n) is 2.55. The zero-order valence-electron chi connectivity index (χ0n) is 10.1. The van der Waals surface area contributed by atoms with Gasteiger partial charge in [-0.1, -0.05) is 6.07 Å². The summed E-state index contributed by atoms with van der Waals surface area (Å²) in [6.45, 7) is 0. The quantitative estimate of drug-likeness (QED) is 0.837. The number of aromatic carboxylic acids is 1. The molecular formula is C14H9FN2O3. The Hall–Kier alpha value is -3.07. The van der Waals surface area contributed by atoms with Crippen LogP contribution in [0.1, 0.15) is 15.9 Å². The molecule has 3 N–H and O–H groups in total. The standard InChI is InChI=1S/C14H9FN2O3/c15-10-6-8(7-16)4-5-12(10)20-13-9(14(18)19)2-1-3-11(13)17/h1-6H,17H2,(H,18,19). The average molecular weight is 272 g/mol. The molecule has 2 aromatic rings. The summed E-state index contributed by atoms with van der Waals surface area (Å²) in [5.74, 6) is -2.35. The number of carboxylic acid groups (broad SMARTS) is 1. The number of para-hydroxylation sites is 1. The molecule has 0 aliphatic heterocycles. The second-order valence-electron chi connectivity index (χ2n) is 3.89. The number of nitrogens with zero attached hydrogens (tertiary/aromatic N) is 1. The Bertz CT molecular complexity index is 723. The molecule has 0 fully saturated rings. The molecule has 0 aliphatic carbocycles. The maximum absolute atomic E-state index is 13.7. The van der Waals surface area contributed by atoms with Gasteiger partial charge in [0, 0.05) is 0 Å². The van der Waals surface area contributed by atoms with Crippen molar-refractivity contribution in [2.75, 3.05) is 5.73 Å². The Kier molecular flexibility index (Phi) is 3.53. The molecule has 5 nitrogen and oxygen atoms in total. The van der Waals surface area contributed by atoms with Gasteiger partial charge in [-0.25, -0.2) is 9.18 Å². The van der Waals surface area contributed by atoms with Crippen LogP contribution in [-0.2, 0) is 0 Å². The first kappa shape index (κ1) is 13.4. The van der Waals surface area contributed by atoms with E-state index in [1.54, 1.807) is 6.07 Å². The molecule has 0 saturated carbocycles. The molecule has 100 valence electrons. The number of nitrogens with two attached hydrogens (primary N) is 1. The number of halogens is 1. The Morgan fingerprint density at radius 3 is 2.70 bits per heavy atom. The van der Waals surface area contributed by atoms with Crippen LogP contribution < -0.4 is 10.5 Å². The molecule has 20 heavy (non-hydrogen) atoms. The minimum Gasteiger partial charge on any atom is -0.478 e. The number of rotatable bonds is 3. The van der Waals surface area contributed by atoms with E-state index in [0.717, 1.165) is 6.07 Å². The van der Waals surface area contributed by atoms with Gasteiger partial charge in [0.2, 0.25) is 0 Å². The van der Waals surface area contributed by atoms with E-state index >= 15 is 0 Å². The lowest BCUT2D eigenvalue weighted by atomic mass is 10.1. The number of hydrogen-bond donors (Lipinski definition) is 2. The second kappa shape index (κ2) is 5.28. The van der Waals surface area contributed by atoms with Crippen molar-refractivity contribution in [1.82, 2.24) is 0 Å². The number of hydrogen-bond acceptors (Lipinski definition) is 4. The Balaban J connectivity index is 2.45. The maximum atomic E-state index is 13.7. The molecule has 0 aromatic heterocycles. The van der Waals surface area contributed by atoms with Crippen molar-refractivity contribution in [3.8, 4) is 17.6 Å². The Morgan fingerprint density at radius 2 is 2.10 bits per heavy atom. The molecule has 0 amide bonds. The van der Waals surface area contributed by atoms with Gasteiger partial charge in [0.1, 0.15) is 5.56 Å². The first-order valence-electron chi connectivity index (χ1n) is 5.52. The lowest BCUT2D eigenvalue weighted by molar-refractivity contribution is 0.0694. The highest BCUT2D eigenvalue weighted by molar-refractivity contribution is 5.93. The van der Waals surface area contributed by atoms with Gasteiger partial charge in [0.25, 0.3) is 0 Å². The fourth-order valence-corrected chi connectivity index (χ4v) is 1.60. The van der Waals surface area contributed by atoms with Gasteiger partial charge in [-0.2, -0.15) is 5.26 Å². The summed E-state index contributed by atoms with van der Waals surface area (Å²) in [5, 5.41) is 17.7. The van der Waals surface area contributed by atoms with E-state index in [4.69, 9.17) is 20.8 Å². The molecule has 0 atom stereocenters. The summed E-state index contributed by atoms with van der Waals surface area (Å²) in [6.07, 6.45) is 0. The molecule has 0 aliphatic rings. The van der Waals surface area contributed by atoms with Crippen molar-refractivity contribution in [1.29, 1.82) is 5.26 Å². The van der Waals surface area contributed by atoms with E-state index in [1.807, 2.05) is 0 Å². The summed E-state index contributed by atoms with van der Waals surface area (Å²) in [6, 6.07) is 9.59. The monoisotopic (exact) mass is 272 g/mol. The molecule has 0 bridgehead atoms. The van der Waals surface area contributed by atoms with Crippen molar-refractivity contribution < 1.29 is 19.0 Å². The minimum atomic E-state index is -1.23. The molecule has 6 heteroatoms. The van der Waals surface area contributed by atoms with Gasteiger partial charge in [-0.15, -0.1) is 0 Å². The third-order valence-corrected chi connectivity index (χ3v) is 2.55. The highest BCUT2D eigenvalue weighted by atomic mass is 19.1. The van der Waals surface area contributed by atoms with E-state index in [0.29, 0.717) is 0 Å². The molecule has 0 saturated heterocycles. The summed E-state index contributed by atoms with van der Waals surface area (Å²) in [4.78, 5) is 11.1. The smallest absolute Gasteiger partial charge is 0.339 e. The number of anilines is 1. The molecule has 0 heterocycles. The van der Waals surface area contributed by atoms with E-state index in [-0.39, 0.29) is 28.3 Å².